The predicted octanol–water partition coefficient (Wildman–Crippen LogP) is 1.54. The van der Waals surface area contributed by atoms with E-state index in [0.717, 1.165) is 6.54 Å². The molecule has 0 bridgehead atoms. The van der Waals surface area contributed by atoms with Crippen LogP contribution in [-0.2, 0) is 4.74 Å². The number of rotatable bonds is 4. The van der Waals surface area contributed by atoms with Gasteiger partial charge in [0.2, 0.25) is 5.88 Å². The highest BCUT2D eigenvalue weighted by Gasteiger charge is 2.20. The Morgan fingerprint density at radius 1 is 1.46 bits per heavy atom. The summed E-state index contributed by atoms with van der Waals surface area (Å²) in [6, 6.07) is 4.50. The van der Waals surface area contributed by atoms with Crippen molar-refractivity contribution < 1.29 is 18.7 Å². The summed E-state index contributed by atoms with van der Waals surface area (Å²) in [7, 11) is 1.43. The van der Waals surface area contributed by atoms with Crippen LogP contribution in [0.5, 0.6) is 5.88 Å². The Bertz CT molecular complexity index is 735. The second kappa shape index (κ2) is 7.33. The molecule has 1 fully saturated rings. The fourth-order valence-electron chi connectivity index (χ4n) is 2.38. The van der Waals surface area contributed by atoms with E-state index in [0.29, 0.717) is 24.4 Å². The topological polar surface area (TPSA) is 85.4 Å². The molecule has 2 N–H and O–H groups in total. The number of halogens is 1. The first-order valence-corrected chi connectivity index (χ1v) is 7.46. The number of benzene rings is 1. The van der Waals surface area contributed by atoms with E-state index < -0.39 is 11.7 Å². The van der Waals surface area contributed by atoms with Gasteiger partial charge in [-0.1, -0.05) is 6.07 Å². The van der Waals surface area contributed by atoms with Crippen LogP contribution in [0.15, 0.2) is 30.6 Å². The predicted molar refractivity (Wildman–Crippen MR) is 84.5 cm³/mol. The first-order valence-electron chi connectivity index (χ1n) is 7.46. The van der Waals surface area contributed by atoms with E-state index in [4.69, 9.17) is 9.47 Å². The summed E-state index contributed by atoms with van der Waals surface area (Å²) in [6.07, 6.45) is 2.38. The van der Waals surface area contributed by atoms with E-state index in [1.807, 2.05) is 0 Å². The van der Waals surface area contributed by atoms with Gasteiger partial charge in [-0.2, -0.15) is 0 Å². The Labute approximate surface area is 138 Å². The standard InChI is InChI=1S/C16H17FN4O3/c1-23-15-9-19-7-13(21-15)16(22)20-10-2-3-11(12(17)6-10)14-8-18-4-5-24-14/h2-3,6-7,9,14,18H,4-5,8H2,1H3,(H,20,22). The van der Waals surface area contributed by atoms with E-state index in [9.17, 15) is 9.18 Å². The van der Waals surface area contributed by atoms with Crippen LogP contribution in [0.25, 0.3) is 0 Å². The van der Waals surface area contributed by atoms with E-state index in [1.54, 1.807) is 12.1 Å². The van der Waals surface area contributed by atoms with Crippen LogP contribution in [0, 0.1) is 5.82 Å². The molecule has 2 aromatic rings. The fraction of sp³-hybridized carbons (Fsp3) is 0.312. The number of nitrogens with zero attached hydrogens (tertiary/aromatic N) is 2. The molecule has 2 heterocycles. The van der Waals surface area contributed by atoms with Gasteiger partial charge in [-0.3, -0.25) is 9.78 Å². The third-order valence-corrected chi connectivity index (χ3v) is 3.59. The Balaban J connectivity index is 1.73. The summed E-state index contributed by atoms with van der Waals surface area (Å²) >= 11 is 0. The molecule has 1 saturated heterocycles. The third-order valence-electron chi connectivity index (χ3n) is 3.59. The summed E-state index contributed by atoms with van der Waals surface area (Å²) in [5.74, 6) is -0.700. The summed E-state index contributed by atoms with van der Waals surface area (Å²) in [6.45, 7) is 1.85. The second-order valence-electron chi connectivity index (χ2n) is 5.20. The summed E-state index contributed by atoms with van der Waals surface area (Å²) in [5, 5.41) is 5.74. The number of nitrogens with one attached hydrogen (secondary N) is 2. The SMILES string of the molecule is COc1cncc(C(=O)Nc2ccc(C3CNCCO3)c(F)c2)n1. The molecule has 8 heteroatoms. The minimum Gasteiger partial charge on any atom is -0.480 e. The van der Waals surface area contributed by atoms with Gasteiger partial charge < -0.3 is 20.1 Å². The van der Waals surface area contributed by atoms with Crippen molar-refractivity contribution >= 4 is 11.6 Å². The highest BCUT2D eigenvalue weighted by molar-refractivity contribution is 6.02. The van der Waals surface area contributed by atoms with Gasteiger partial charge in [-0.25, -0.2) is 9.37 Å². The first kappa shape index (κ1) is 16.3. The number of ether oxygens (including phenoxy) is 2. The molecule has 1 aliphatic rings. The molecule has 1 unspecified atom stereocenters. The van der Waals surface area contributed by atoms with Gasteiger partial charge in [-0.15, -0.1) is 0 Å². The zero-order chi connectivity index (χ0) is 16.9. The van der Waals surface area contributed by atoms with Crippen molar-refractivity contribution in [3.63, 3.8) is 0 Å². The molecule has 24 heavy (non-hydrogen) atoms. The number of amides is 1. The minimum atomic E-state index is -0.496. The molecule has 0 saturated carbocycles. The third kappa shape index (κ3) is 3.66. The lowest BCUT2D eigenvalue weighted by molar-refractivity contribution is 0.0255. The second-order valence-corrected chi connectivity index (χ2v) is 5.20. The number of hydrogen-bond acceptors (Lipinski definition) is 6. The summed E-state index contributed by atoms with van der Waals surface area (Å²) in [4.78, 5) is 20.0. The normalized spacial score (nSPS) is 17.3. The maximum Gasteiger partial charge on any atom is 0.276 e. The van der Waals surface area contributed by atoms with Crippen LogP contribution in [0.3, 0.4) is 0 Å². The van der Waals surface area contributed by atoms with E-state index >= 15 is 0 Å². The molecule has 0 aliphatic carbocycles. The Hall–Kier alpha value is -2.58. The number of anilines is 1. The van der Waals surface area contributed by atoms with Crippen molar-refractivity contribution in [1.82, 2.24) is 15.3 Å². The van der Waals surface area contributed by atoms with Gasteiger partial charge >= 0.3 is 0 Å². The van der Waals surface area contributed by atoms with Crippen LogP contribution >= 0.6 is 0 Å². The number of hydrogen-bond donors (Lipinski definition) is 2. The lowest BCUT2D eigenvalue weighted by atomic mass is 10.1. The molecule has 1 aromatic heterocycles. The van der Waals surface area contributed by atoms with Crippen molar-refractivity contribution in [3.8, 4) is 5.88 Å². The van der Waals surface area contributed by atoms with Crippen molar-refractivity contribution in [2.24, 2.45) is 0 Å². The smallest absolute Gasteiger partial charge is 0.276 e. The fourth-order valence-corrected chi connectivity index (χ4v) is 2.38. The van der Waals surface area contributed by atoms with Gasteiger partial charge in [0, 0.05) is 24.3 Å². The molecule has 0 radical (unpaired) electrons. The maximum atomic E-state index is 14.3. The molecule has 1 aromatic carbocycles. The molecule has 1 aliphatic heterocycles. The maximum absolute atomic E-state index is 14.3. The van der Waals surface area contributed by atoms with E-state index in [-0.39, 0.29) is 17.7 Å². The molecular formula is C16H17FN4O3. The molecule has 0 spiro atoms. The van der Waals surface area contributed by atoms with Crippen molar-refractivity contribution in [1.29, 1.82) is 0 Å². The molecular weight excluding hydrogens is 315 g/mol. The van der Waals surface area contributed by atoms with Gasteiger partial charge in [-0.05, 0) is 12.1 Å². The van der Waals surface area contributed by atoms with Gasteiger partial charge in [0.1, 0.15) is 5.82 Å². The molecule has 1 amide bonds. The Morgan fingerprint density at radius 2 is 2.33 bits per heavy atom. The van der Waals surface area contributed by atoms with Crippen molar-refractivity contribution in [3.05, 3.63) is 47.7 Å². The average molecular weight is 332 g/mol. The summed E-state index contributed by atoms with van der Waals surface area (Å²) in [5.41, 5.74) is 0.870. The quantitative estimate of drug-likeness (QED) is 0.883. The van der Waals surface area contributed by atoms with E-state index in [2.05, 4.69) is 20.6 Å². The molecule has 3 rings (SSSR count). The Kier molecular flexibility index (Phi) is 4.97. The molecule has 7 nitrogen and oxygen atoms in total. The minimum absolute atomic E-state index is 0.0821. The largest absolute Gasteiger partial charge is 0.480 e. The monoisotopic (exact) mass is 332 g/mol. The van der Waals surface area contributed by atoms with Crippen molar-refractivity contribution in [2.45, 2.75) is 6.10 Å². The van der Waals surface area contributed by atoms with Crippen LogP contribution in [0.1, 0.15) is 22.2 Å². The van der Waals surface area contributed by atoms with Gasteiger partial charge in [0.05, 0.1) is 32.2 Å². The van der Waals surface area contributed by atoms with E-state index in [1.165, 1.54) is 25.6 Å². The Morgan fingerprint density at radius 3 is 3.04 bits per heavy atom. The van der Waals surface area contributed by atoms with Crippen LogP contribution in [0.2, 0.25) is 0 Å². The zero-order valence-electron chi connectivity index (χ0n) is 13.1. The zero-order valence-corrected chi connectivity index (χ0v) is 13.1. The number of carbonyl (C=O) groups excluding carboxylic acids is 1. The molecule has 126 valence electrons. The summed E-state index contributed by atoms with van der Waals surface area (Å²) < 4.78 is 24.8. The van der Waals surface area contributed by atoms with Gasteiger partial charge in [0.25, 0.3) is 5.91 Å². The van der Waals surface area contributed by atoms with Crippen molar-refractivity contribution in [2.75, 3.05) is 32.1 Å². The van der Waals surface area contributed by atoms with Crippen LogP contribution in [-0.4, -0.2) is 42.7 Å². The average Bonchev–Trinajstić information content (AvgIpc) is 2.62. The number of morpholine rings is 1. The molecule has 1 atom stereocenters. The lowest BCUT2D eigenvalue weighted by Crippen LogP contribution is -2.33. The number of carbonyl (C=O) groups is 1. The van der Waals surface area contributed by atoms with Gasteiger partial charge in [0.15, 0.2) is 5.69 Å². The highest BCUT2D eigenvalue weighted by atomic mass is 19.1. The lowest BCUT2D eigenvalue weighted by Gasteiger charge is -2.24. The number of methoxy groups -OCH3 is 1. The first-order chi connectivity index (χ1) is 11.7. The van der Waals surface area contributed by atoms with Crippen LogP contribution < -0.4 is 15.4 Å². The number of aromatic nitrogens is 2. The van der Waals surface area contributed by atoms with Crippen LogP contribution in [0.4, 0.5) is 10.1 Å². The highest BCUT2D eigenvalue weighted by Crippen LogP contribution is 2.24.